The zero-order valence-electron chi connectivity index (χ0n) is 10.1. The number of nitrogens with zero attached hydrogens (tertiary/aromatic N) is 1. The molecule has 0 unspecified atom stereocenters. The summed E-state index contributed by atoms with van der Waals surface area (Å²) in [5, 5.41) is 3.64. The largest absolute Gasteiger partial charge is 0.480 e. The van der Waals surface area contributed by atoms with E-state index in [1.54, 1.807) is 26.0 Å². The average Bonchev–Trinajstić information content (AvgIpc) is 2.28. The first-order valence-electron chi connectivity index (χ1n) is 5.21. The van der Waals surface area contributed by atoms with E-state index in [4.69, 9.17) is 4.74 Å². The highest BCUT2D eigenvalue weighted by Crippen LogP contribution is 2.09. The van der Waals surface area contributed by atoms with E-state index in [1.807, 2.05) is 6.92 Å². The molecule has 0 amide bonds. The summed E-state index contributed by atoms with van der Waals surface area (Å²) in [6.07, 6.45) is 0. The number of benzene rings is 1. The Labute approximate surface area is 102 Å². The van der Waals surface area contributed by atoms with Gasteiger partial charge in [-0.1, -0.05) is 17.7 Å². The van der Waals surface area contributed by atoms with Gasteiger partial charge in [-0.2, -0.15) is 13.2 Å². The van der Waals surface area contributed by atoms with Crippen LogP contribution in [-0.4, -0.2) is 20.9 Å². The van der Waals surface area contributed by atoms with E-state index >= 15 is 0 Å². The van der Waals surface area contributed by atoms with Crippen LogP contribution in [0.25, 0.3) is 0 Å². The molecule has 1 rings (SSSR count). The average molecular weight is 256 g/mol. The van der Waals surface area contributed by atoms with Crippen LogP contribution in [0.2, 0.25) is 0 Å². The highest BCUT2D eigenvalue weighted by Gasteiger charge is 2.12. The fraction of sp³-hybridized carbons (Fsp3) is 0.364. The van der Waals surface area contributed by atoms with Crippen LogP contribution >= 0.6 is 0 Å². The molecule has 1 aromatic rings. The number of hydrogen-bond donors (Lipinski definition) is 1. The minimum absolute atomic E-state index is 0.177. The van der Waals surface area contributed by atoms with Crippen molar-refractivity contribution in [2.45, 2.75) is 25.7 Å². The maximum absolute atomic E-state index is 11.8. The van der Waals surface area contributed by atoms with Gasteiger partial charge in [-0.3, -0.25) is 0 Å². The highest BCUT2D eigenvalue weighted by molar-refractivity contribution is 7.89. The van der Waals surface area contributed by atoms with Crippen molar-refractivity contribution in [3.63, 3.8) is 0 Å². The van der Waals surface area contributed by atoms with E-state index < -0.39 is 10.0 Å². The second kappa shape index (κ2) is 5.67. The zero-order valence-corrected chi connectivity index (χ0v) is 10.9. The molecule has 0 heterocycles. The lowest BCUT2D eigenvalue weighted by atomic mass is 10.2. The highest BCUT2D eigenvalue weighted by atomic mass is 32.2. The third kappa shape index (κ3) is 4.07. The van der Waals surface area contributed by atoms with Crippen LogP contribution in [-0.2, 0) is 14.8 Å². The van der Waals surface area contributed by atoms with E-state index in [-0.39, 0.29) is 10.8 Å². The topological polar surface area (TPSA) is 67.8 Å². The molecule has 0 fully saturated rings. The maximum Gasteiger partial charge on any atom is 0.276 e. The summed E-state index contributed by atoms with van der Waals surface area (Å²) in [7, 11) is -3.61. The van der Waals surface area contributed by atoms with Crippen molar-refractivity contribution in [3.8, 4) is 0 Å². The van der Waals surface area contributed by atoms with Crippen molar-refractivity contribution in [2.24, 2.45) is 5.10 Å². The molecule has 0 aromatic heterocycles. The van der Waals surface area contributed by atoms with Gasteiger partial charge in [-0.15, -0.1) is 5.10 Å². The standard InChI is InChI=1S/C11H16N2O3S/c1-4-16-10(3)12-13-17(14,15)11-7-5-9(2)6-8-11/h5-8,13H,4H2,1-3H3/b12-10-. The van der Waals surface area contributed by atoms with Crippen molar-refractivity contribution < 1.29 is 13.2 Å². The third-order valence-electron chi connectivity index (χ3n) is 2.01. The van der Waals surface area contributed by atoms with E-state index in [1.165, 1.54) is 12.1 Å². The Morgan fingerprint density at radius 2 is 1.94 bits per heavy atom. The van der Waals surface area contributed by atoms with Crippen molar-refractivity contribution in [1.29, 1.82) is 0 Å². The van der Waals surface area contributed by atoms with Crippen molar-refractivity contribution in [1.82, 2.24) is 4.83 Å². The monoisotopic (exact) mass is 256 g/mol. The smallest absolute Gasteiger partial charge is 0.276 e. The molecule has 1 aromatic carbocycles. The number of ether oxygens (including phenoxy) is 1. The lowest BCUT2D eigenvalue weighted by Crippen LogP contribution is -2.20. The molecule has 94 valence electrons. The van der Waals surface area contributed by atoms with Gasteiger partial charge >= 0.3 is 0 Å². The van der Waals surface area contributed by atoms with Gasteiger partial charge in [0.05, 0.1) is 11.5 Å². The van der Waals surface area contributed by atoms with Gasteiger partial charge in [-0.05, 0) is 26.0 Å². The molecule has 0 aliphatic carbocycles. The SMILES string of the molecule is CCO/C(C)=N\NS(=O)(=O)c1ccc(C)cc1. The fourth-order valence-corrected chi connectivity index (χ4v) is 1.98. The van der Waals surface area contributed by atoms with E-state index in [0.29, 0.717) is 6.61 Å². The van der Waals surface area contributed by atoms with Gasteiger partial charge in [0.15, 0.2) is 0 Å². The van der Waals surface area contributed by atoms with Crippen molar-refractivity contribution >= 4 is 15.9 Å². The summed E-state index contributed by atoms with van der Waals surface area (Å²) >= 11 is 0. The summed E-state index contributed by atoms with van der Waals surface area (Å²) in [5.74, 6) is 0.281. The minimum atomic E-state index is -3.61. The van der Waals surface area contributed by atoms with Gasteiger partial charge in [0.25, 0.3) is 10.0 Å². The Kier molecular flexibility index (Phi) is 4.51. The Morgan fingerprint density at radius 3 is 2.47 bits per heavy atom. The van der Waals surface area contributed by atoms with Gasteiger partial charge in [0, 0.05) is 6.92 Å². The molecule has 0 bridgehead atoms. The Hall–Kier alpha value is -1.56. The Balaban J connectivity index is 2.82. The lowest BCUT2D eigenvalue weighted by Gasteiger charge is -2.05. The predicted molar refractivity (Wildman–Crippen MR) is 66.2 cm³/mol. The van der Waals surface area contributed by atoms with E-state index in [9.17, 15) is 8.42 Å². The molecule has 0 radical (unpaired) electrons. The molecule has 17 heavy (non-hydrogen) atoms. The predicted octanol–water partition coefficient (Wildman–Crippen LogP) is 1.64. The second-order valence-electron chi connectivity index (χ2n) is 3.47. The first-order chi connectivity index (χ1) is 7.95. The molecule has 0 atom stereocenters. The second-order valence-corrected chi connectivity index (χ2v) is 5.13. The molecule has 5 nitrogen and oxygen atoms in total. The molecular weight excluding hydrogens is 240 g/mol. The number of sulfonamides is 1. The van der Waals surface area contributed by atoms with Gasteiger partial charge < -0.3 is 4.74 Å². The summed E-state index contributed by atoms with van der Waals surface area (Å²) in [4.78, 5) is 2.29. The van der Waals surface area contributed by atoms with E-state index in [2.05, 4.69) is 9.93 Å². The fourth-order valence-electron chi connectivity index (χ4n) is 1.14. The molecule has 0 saturated carbocycles. The van der Waals surface area contributed by atoms with Gasteiger partial charge in [0.2, 0.25) is 5.90 Å². The first kappa shape index (κ1) is 13.5. The number of hydrogen-bond acceptors (Lipinski definition) is 4. The molecule has 0 saturated heterocycles. The van der Waals surface area contributed by atoms with Crippen LogP contribution in [0.1, 0.15) is 19.4 Å². The molecule has 0 aliphatic rings. The van der Waals surface area contributed by atoms with Crippen LogP contribution in [0.3, 0.4) is 0 Å². The Morgan fingerprint density at radius 1 is 1.35 bits per heavy atom. The summed E-state index contributed by atoms with van der Waals surface area (Å²) in [5.41, 5.74) is 0.998. The normalized spacial score (nSPS) is 12.3. The Bertz CT molecular complexity index is 492. The van der Waals surface area contributed by atoms with Crippen LogP contribution < -0.4 is 4.83 Å². The van der Waals surface area contributed by atoms with Gasteiger partial charge in [0.1, 0.15) is 0 Å². The number of nitrogens with one attached hydrogen (secondary N) is 1. The lowest BCUT2D eigenvalue weighted by molar-refractivity contribution is 0.322. The number of rotatable bonds is 4. The van der Waals surface area contributed by atoms with E-state index in [0.717, 1.165) is 5.56 Å². The molecule has 0 spiro atoms. The third-order valence-corrected chi connectivity index (χ3v) is 3.23. The number of aryl methyl sites for hydroxylation is 1. The number of hydrazone groups is 1. The molecule has 6 heteroatoms. The van der Waals surface area contributed by atoms with Gasteiger partial charge in [-0.25, -0.2) is 0 Å². The van der Waals surface area contributed by atoms with Crippen LogP contribution in [0.15, 0.2) is 34.3 Å². The molecule has 1 N–H and O–H groups in total. The molecular formula is C11H16N2O3S. The molecule has 0 aliphatic heterocycles. The summed E-state index contributed by atoms with van der Waals surface area (Å²) < 4.78 is 28.6. The van der Waals surface area contributed by atoms with Crippen molar-refractivity contribution in [3.05, 3.63) is 29.8 Å². The first-order valence-corrected chi connectivity index (χ1v) is 6.69. The zero-order chi connectivity index (χ0) is 12.9. The van der Waals surface area contributed by atoms with Crippen LogP contribution in [0, 0.1) is 6.92 Å². The van der Waals surface area contributed by atoms with Crippen LogP contribution in [0.4, 0.5) is 0 Å². The summed E-state index contributed by atoms with van der Waals surface area (Å²) in [6, 6.07) is 6.52. The quantitative estimate of drug-likeness (QED) is 0.506. The maximum atomic E-state index is 11.8. The van der Waals surface area contributed by atoms with Crippen LogP contribution in [0.5, 0.6) is 0 Å². The summed E-state index contributed by atoms with van der Waals surface area (Å²) in [6.45, 7) is 5.72. The van der Waals surface area contributed by atoms with Crippen molar-refractivity contribution in [2.75, 3.05) is 6.61 Å². The minimum Gasteiger partial charge on any atom is -0.480 e.